The zero-order chi connectivity index (χ0) is 25.1. The molecule has 0 fully saturated rings. The Morgan fingerprint density at radius 3 is 2.09 bits per heavy atom. The molecule has 0 aliphatic heterocycles. The van der Waals surface area contributed by atoms with E-state index in [2.05, 4.69) is 32.9 Å². The Kier molecular flexibility index (Phi) is 10.7. The van der Waals surface area contributed by atoms with Crippen molar-refractivity contribution in [3.8, 4) is 11.5 Å². The average Bonchev–Trinajstić information content (AvgIpc) is 2.77. The lowest BCUT2D eigenvalue weighted by Gasteiger charge is -2.14. The molecular weight excluding hydrogens is 424 g/mol. The van der Waals surface area contributed by atoms with Crippen LogP contribution in [0.4, 0.5) is 0 Å². The van der Waals surface area contributed by atoms with Crippen LogP contribution in [0, 0.1) is 0 Å². The number of aromatic hydroxyl groups is 2. The fourth-order valence-electron chi connectivity index (χ4n) is 3.92. The van der Waals surface area contributed by atoms with Crippen molar-refractivity contribution in [1.29, 1.82) is 0 Å². The van der Waals surface area contributed by atoms with Crippen molar-refractivity contribution >= 4 is 5.97 Å². The molecule has 3 N–H and O–H groups in total. The SMILES string of the molecule is CC(C)=CCCC(C)=CCCC(C)=CCc1c(O)cc(CCc2ccccc2)c(C(=O)O)c1O. The molecule has 0 bridgehead atoms. The van der Waals surface area contributed by atoms with Gasteiger partial charge in [0.15, 0.2) is 0 Å². The number of carboxylic acid groups (broad SMARTS) is 1. The summed E-state index contributed by atoms with van der Waals surface area (Å²) < 4.78 is 0. The molecule has 0 atom stereocenters. The number of phenolic OH excluding ortho intramolecular Hbond substituents is 1. The van der Waals surface area contributed by atoms with Crippen LogP contribution in [0.2, 0.25) is 0 Å². The van der Waals surface area contributed by atoms with Gasteiger partial charge in [0.25, 0.3) is 0 Å². The first kappa shape index (κ1) is 27.0. The molecule has 4 heteroatoms. The maximum Gasteiger partial charge on any atom is 0.339 e. The molecule has 0 radical (unpaired) electrons. The van der Waals surface area contributed by atoms with Gasteiger partial charge in [0.1, 0.15) is 17.1 Å². The van der Waals surface area contributed by atoms with Crippen molar-refractivity contribution in [3.63, 3.8) is 0 Å². The van der Waals surface area contributed by atoms with Crippen LogP contribution in [-0.2, 0) is 19.3 Å². The molecule has 0 unspecified atom stereocenters. The highest BCUT2D eigenvalue weighted by atomic mass is 16.4. The molecule has 0 aromatic heterocycles. The van der Waals surface area contributed by atoms with E-state index in [4.69, 9.17) is 0 Å². The number of rotatable bonds is 12. The number of aryl methyl sites for hydroxylation is 2. The van der Waals surface area contributed by atoms with Gasteiger partial charge in [0, 0.05) is 5.56 Å². The zero-order valence-electron chi connectivity index (χ0n) is 20.9. The lowest BCUT2D eigenvalue weighted by molar-refractivity contribution is 0.0692. The predicted molar refractivity (Wildman–Crippen MR) is 140 cm³/mol. The Labute approximate surface area is 204 Å². The Hall–Kier alpha value is -3.27. The van der Waals surface area contributed by atoms with Crippen LogP contribution in [0.15, 0.2) is 71.3 Å². The second-order valence-electron chi connectivity index (χ2n) is 9.21. The van der Waals surface area contributed by atoms with Gasteiger partial charge in [-0.3, -0.25) is 0 Å². The largest absolute Gasteiger partial charge is 0.508 e. The van der Waals surface area contributed by atoms with E-state index in [9.17, 15) is 20.1 Å². The number of aromatic carboxylic acids is 1. The molecule has 0 aliphatic carbocycles. The van der Waals surface area contributed by atoms with Crippen molar-refractivity contribution in [3.05, 3.63) is 93.6 Å². The van der Waals surface area contributed by atoms with E-state index in [1.807, 2.05) is 43.3 Å². The molecule has 2 rings (SSSR count). The minimum atomic E-state index is -1.18. The van der Waals surface area contributed by atoms with Crippen LogP contribution in [0.25, 0.3) is 0 Å². The fourth-order valence-corrected chi connectivity index (χ4v) is 3.92. The zero-order valence-corrected chi connectivity index (χ0v) is 20.9. The fraction of sp³-hybridized carbons (Fsp3) is 0.367. The Morgan fingerprint density at radius 2 is 1.47 bits per heavy atom. The number of benzene rings is 2. The van der Waals surface area contributed by atoms with Gasteiger partial charge >= 0.3 is 5.97 Å². The van der Waals surface area contributed by atoms with E-state index in [0.29, 0.717) is 18.4 Å². The van der Waals surface area contributed by atoms with E-state index in [0.717, 1.165) is 36.8 Å². The number of carbonyl (C=O) groups is 1. The number of hydrogen-bond donors (Lipinski definition) is 3. The van der Waals surface area contributed by atoms with E-state index in [-0.39, 0.29) is 29.0 Å². The van der Waals surface area contributed by atoms with E-state index in [1.165, 1.54) is 17.2 Å². The molecule has 2 aromatic carbocycles. The third kappa shape index (κ3) is 8.58. The quantitative estimate of drug-likeness (QED) is 0.285. The van der Waals surface area contributed by atoms with Gasteiger partial charge in [-0.2, -0.15) is 0 Å². The normalized spacial score (nSPS) is 12.0. The highest BCUT2D eigenvalue weighted by Gasteiger charge is 2.21. The third-order valence-corrected chi connectivity index (χ3v) is 5.98. The maximum absolute atomic E-state index is 11.9. The summed E-state index contributed by atoms with van der Waals surface area (Å²) in [6.45, 7) is 8.40. The van der Waals surface area contributed by atoms with Gasteiger partial charge in [-0.1, -0.05) is 65.3 Å². The van der Waals surface area contributed by atoms with Crippen molar-refractivity contribution < 1.29 is 20.1 Å². The first-order valence-corrected chi connectivity index (χ1v) is 12.0. The molecule has 0 spiro atoms. The minimum absolute atomic E-state index is 0.0652. The van der Waals surface area contributed by atoms with E-state index < -0.39 is 5.97 Å². The van der Waals surface area contributed by atoms with Crippen LogP contribution < -0.4 is 0 Å². The van der Waals surface area contributed by atoms with Gasteiger partial charge in [0.05, 0.1) is 0 Å². The van der Waals surface area contributed by atoms with Crippen molar-refractivity contribution in [1.82, 2.24) is 0 Å². The standard InChI is InChI=1S/C30H38O4/c1-21(2)10-8-11-22(3)12-9-13-23(4)16-19-26-27(31)20-25(28(29(26)32)30(33)34)18-17-24-14-6-5-7-15-24/h5-7,10,12,14-16,20,31-32H,8-9,11,13,17-19H2,1-4H3,(H,33,34). The molecule has 0 aliphatic rings. The molecule has 4 nitrogen and oxygen atoms in total. The molecule has 0 amide bonds. The molecule has 182 valence electrons. The predicted octanol–water partition coefficient (Wildman–Crippen LogP) is 7.54. The summed E-state index contributed by atoms with van der Waals surface area (Å²) in [5, 5.41) is 31.0. The average molecular weight is 463 g/mol. The first-order chi connectivity index (χ1) is 16.2. The van der Waals surface area contributed by atoms with Gasteiger partial charge in [-0.05, 0) is 89.8 Å². The molecule has 0 saturated carbocycles. The monoisotopic (exact) mass is 462 g/mol. The van der Waals surface area contributed by atoms with Crippen LogP contribution in [0.5, 0.6) is 11.5 Å². The topological polar surface area (TPSA) is 77.8 Å². The Balaban J connectivity index is 2.07. The van der Waals surface area contributed by atoms with Crippen LogP contribution in [0.3, 0.4) is 0 Å². The summed E-state index contributed by atoms with van der Waals surface area (Å²) >= 11 is 0. The summed E-state index contributed by atoms with van der Waals surface area (Å²) in [7, 11) is 0. The lowest BCUT2D eigenvalue weighted by atomic mass is 9.94. The summed E-state index contributed by atoms with van der Waals surface area (Å²) in [6, 6.07) is 11.2. The summed E-state index contributed by atoms with van der Waals surface area (Å²) in [6.07, 6.45) is 11.7. The number of carboxylic acids is 1. The van der Waals surface area contributed by atoms with Crippen molar-refractivity contribution in [2.45, 2.75) is 72.6 Å². The minimum Gasteiger partial charge on any atom is -0.508 e. The number of hydrogen-bond acceptors (Lipinski definition) is 3. The van der Waals surface area contributed by atoms with E-state index >= 15 is 0 Å². The van der Waals surface area contributed by atoms with Gasteiger partial charge in [-0.25, -0.2) is 4.79 Å². The smallest absolute Gasteiger partial charge is 0.339 e. The Bertz CT molecular complexity index is 1050. The number of allylic oxidation sites excluding steroid dienone is 6. The Morgan fingerprint density at radius 1 is 0.853 bits per heavy atom. The molecular formula is C30H38O4. The number of phenols is 2. The summed E-state index contributed by atoms with van der Waals surface area (Å²) in [5.41, 5.74) is 5.49. The van der Waals surface area contributed by atoms with E-state index in [1.54, 1.807) is 0 Å². The molecule has 0 saturated heterocycles. The molecule has 34 heavy (non-hydrogen) atoms. The molecule has 2 aromatic rings. The second-order valence-corrected chi connectivity index (χ2v) is 9.21. The van der Waals surface area contributed by atoms with Gasteiger partial charge in [0.2, 0.25) is 0 Å². The van der Waals surface area contributed by atoms with Crippen molar-refractivity contribution in [2.24, 2.45) is 0 Å². The lowest BCUT2D eigenvalue weighted by Crippen LogP contribution is -2.06. The summed E-state index contributed by atoms with van der Waals surface area (Å²) in [5.74, 6) is -1.59. The molecule has 0 heterocycles. The van der Waals surface area contributed by atoms with Crippen LogP contribution in [-0.4, -0.2) is 21.3 Å². The first-order valence-electron chi connectivity index (χ1n) is 12.0. The highest BCUT2D eigenvalue weighted by molar-refractivity contribution is 5.93. The van der Waals surface area contributed by atoms with Gasteiger partial charge in [-0.15, -0.1) is 0 Å². The van der Waals surface area contributed by atoms with Crippen LogP contribution >= 0.6 is 0 Å². The van der Waals surface area contributed by atoms with Crippen molar-refractivity contribution in [2.75, 3.05) is 0 Å². The highest BCUT2D eigenvalue weighted by Crippen LogP contribution is 2.35. The third-order valence-electron chi connectivity index (χ3n) is 5.98. The second kappa shape index (κ2) is 13.4. The van der Waals surface area contributed by atoms with Crippen LogP contribution in [0.1, 0.15) is 80.4 Å². The maximum atomic E-state index is 11.9. The van der Waals surface area contributed by atoms with Gasteiger partial charge < -0.3 is 15.3 Å². The summed E-state index contributed by atoms with van der Waals surface area (Å²) in [4.78, 5) is 11.9.